The van der Waals surface area contributed by atoms with Gasteiger partial charge in [0.25, 0.3) is 0 Å². The highest BCUT2D eigenvalue weighted by Gasteiger charge is 2.19. The first-order valence-corrected chi connectivity index (χ1v) is 9.66. The number of amides is 1. The monoisotopic (exact) mass is 378 g/mol. The van der Waals surface area contributed by atoms with Gasteiger partial charge in [-0.1, -0.05) is 73.1 Å². The zero-order valence-corrected chi connectivity index (χ0v) is 16.6. The van der Waals surface area contributed by atoms with E-state index in [1.807, 2.05) is 49.4 Å². The van der Waals surface area contributed by atoms with E-state index in [-0.39, 0.29) is 6.10 Å². The molecule has 1 atom stereocenters. The molecule has 0 bridgehead atoms. The normalized spacial score (nSPS) is 11.8. The molecule has 2 aromatic carbocycles. The fraction of sp³-hybridized carbons (Fsp3) is 0.304. The number of aryl methyl sites for hydroxylation is 2. The third-order valence-electron chi connectivity index (χ3n) is 4.68. The Morgan fingerprint density at radius 1 is 1.14 bits per heavy atom. The summed E-state index contributed by atoms with van der Waals surface area (Å²) in [6.07, 6.45) is 2.49. The predicted octanol–water partition coefficient (Wildman–Crippen LogP) is 6.30. The first kappa shape index (κ1) is 19.7. The van der Waals surface area contributed by atoms with Gasteiger partial charge in [0, 0.05) is 5.56 Å². The average Bonchev–Trinajstić information content (AvgIpc) is 3.07. The van der Waals surface area contributed by atoms with Crippen molar-refractivity contribution in [2.45, 2.75) is 46.1 Å². The largest absolute Gasteiger partial charge is 0.441 e. The molecule has 0 spiro atoms. The molecule has 0 aliphatic rings. The van der Waals surface area contributed by atoms with E-state index in [2.05, 4.69) is 29.5 Å². The van der Waals surface area contributed by atoms with E-state index in [1.54, 1.807) is 6.92 Å². The number of nitrogens with one attached hydrogen (secondary N) is 1. The van der Waals surface area contributed by atoms with E-state index in [9.17, 15) is 4.79 Å². The number of rotatable bonds is 7. The van der Waals surface area contributed by atoms with Gasteiger partial charge in [-0.3, -0.25) is 5.32 Å². The molecule has 1 aromatic heterocycles. The minimum absolute atomic E-state index is 0.359. The first-order valence-electron chi connectivity index (χ1n) is 9.66. The van der Waals surface area contributed by atoms with Crippen LogP contribution in [-0.4, -0.2) is 11.2 Å². The number of carbonyl (C=O) groups excluding carboxylic acids is 1. The number of aromatic nitrogens is 1. The lowest BCUT2D eigenvalue weighted by Crippen LogP contribution is -2.16. The van der Waals surface area contributed by atoms with Crippen LogP contribution < -0.4 is 5.32 Å². The van der Waals surface area contributed by atoms with Crippen LogP contribution in [-0.2, 0) is 11.2 Å². The molecule has 5 nitrogen and oxygen atoms in total. The number of hydrogen-bond acceptors (Lipinski definition) is 4. The fourth-order valence-corrected chi connectivity index (χ4v) is 3.00. The summed E-state index contributed by atoms with van der Waals surface area (Å²) in [4.78, 5) is 12.4. The maximum Gasteiger partial charge on any atom is 0.412 e. The summed E-state index contributed by atoms with van der Waals surface area (Å²) < 4.78 is 11.0. The zero-order chi connectivity index (χ0) is 19.9. The molecule has 28 heavy (non-hydrogen) atoms. The standard InChI is InChI=1S/C23H26N2O3/c1-4-5-9-18-12-14-20(15-13-18)22-21(16(2)25-28-22)24-23(26)27-17(3)19-10-7-6-8-11-19/h6-8,10-15,17H,4-5,9H2,1-3H3,(H,24,26). The Kier molecular flexibility index (Phi) is 6.48. The van der Waals surface area contributed by atoms with Gasteiger partial charge in [0.2, 0.25) is 0 Å². The Hall–Kier alpha value is -3.08. The number of carbonyl (C=O) groups is 1. The number of benzene rings is 2. The Morgan fingerprint density at radius 2 is 1.86 bits per heavy atom. The van der Waals surface area contributed by atoms with Gasteiger partial charge in [-0.25, -0.2) is 4.79 Å². The lowest BCUT2D eigenvalue weighted by atomic mass is 10.0. The maximum absolute atomic E-state index is 12.4. The summed E-state index contributed by atoms with van der Waals surface area (Å²) in [5.41, 5.74) is 4.23. The Bertz CT molecular complexity index is 901. The van der Waals surface area contributed by atoms with Gasteiger partial charge < -0.3 is 9.26 Å². The predicted molar refractivity (Wildman–Crippen MR) is 110 cm³/mol. The van der Waals surface area contributed by atoms with Crippen LogP contribution in [0.1, 0.15) is 49.6 Å². The Morgan fingerprint density at radius 3 is 2.54 bits per heavy atom. The number of nitrogens with zero attached hydrogens (tertiary/aromatic N) is 1. The average molecular weight is 378 g/mol. The van der Waals surface area contributed by atoms with Crippen molar-refractivity contribution in [3.63, 3.8) is 0 Å². The Balaban J connectivity index is 1.71. The fourth-order valence-electron chi connectivity index (χ4n) is 3.00. The molecule has 0 aliphatic carbocycles. The lowest BCUT2D eigenvalue weighted by Gasteiger charge is -2.14. The number of anilines is 1. The summed E-state index contributed by atoms with van der Waals surface area (Å²) in [6, 6.07) is 17.8. The second-order valence-corrected chi connectivity index (χ2v) is 6.86. The van der Waals surface area contributed by atoms with E-state index >= 15 is 0 Å². The molecular weight excluding hydrogens is 352 g/mol. The van der Waals surface area contributed by atoms with Crippen LogP contribution in [0, 0.1) is 6.92 Å². The third kappa shape index (κ3) is 4.80. The highest BCUT2D eigenvalue weighted by molar-refractivity contribution is 5.90. The van der Waals surface area contributed by atoms with Crippen LogP contribution in [0.4, 0.5) is 10.5 Å². The SMILES string of the molecule is CCCCc1ccc(-c2onc(C)c2NC(=O)OC(C)c2ccccc2)cc1. The summed E-state index contributed by atoms with van der Waals surface area (Å²) in [7, 11) is 0. The first-order chi connectivity index (χ1) is 13.6. The summed E-state index contributed by atoms with van der Waals surface area (Å²) in [5, 5.41) is 6.80. The Labute approximate surface area is 165 Å². The van der Waals surface area contributed by atoms with Gasteiger partial charge in [-0.15, -0.1) is 0 Å². The molecular formula is C23H26N2O3. The van der Waals surface area contributed by atoms with Gasteiger partial charge in [0.1, 0.15) is 17.5 Å². The second kappa shape index (κ2) is 9.22. The maximum atomic E-state index is 12.4. The van der Waals surface area contributed by atoms with Crippen LogP contribution in [0.15, 0.2) is 59.1 Å². The van der Waals surface area contributed by atoms with Crippen LogP contribution in [0.25, 0.3) is 11.3 Å². The van der Waals surface area contributed by atoms with Gasteiger partial charge in [-0.2, -0.15) is 0 Å². The number of hydrogen-bond donors (Lipinski definition) is 1. The summed E-state index contributed by atoms with van der Waals surface area (Å²) in [5.74, 6) is 0.531. The van der Waals surface area contributed by atoms with Crippen molar-refractivity contribution in [3.8, 4) is 11.3 Å². The molecule has 1 N–H and O–H groups in total. The van der Waals surface area contributed by atoms with Crippen molar-refractivity contribution in [1.29, 1.82) is 0 Å². The molecule has 1 amide bonds. The van der Waals surface area contributed by atoms with Crippen molar-refractivity contribution >= 4 is 11.8 Å². The summed E-state index contributed by atoms with van der Waals surface area (Å²) in [6.45, 7) is 5.81. The molecule has 5 heteroatoms. The number of ether oxygens (including phenoxy) is 1. The molecule has 0 radical (unpaired) electrons. The second-order valence-electron chi connectivity index (χ2n) is 6.86. The topological polar surface area (TPSA) is 64.4 Å². The van der Waals surface area contributed by atoms with Crippen molar-refractivity contribution in [3.05, 3.63) is 71.4 Å². The van der Waals surface area contributed by atoms with E-state index in [0.29, 0.717) is 17.1 Å². The molecule has 0 saturated heterocycles. The highest BCUT2D eigenvalue weighted by atomic mass is 16.6. The van der Waals surface area contributed by atoms with Crippen LogP contribution in [0.2, 0.25) is 0 Å². The van der Waals surface area contributed by atoms with Crippen molar-refractivity contribution in [2.24, 2.45) is 0 Å². The van der Waals surface area contributed by atoms with Crippen LogP contribution in [0.3, 0.4) is 0 Å². The zero-order valence-electron chi connectivity index (χ0n) is 16.6. The molecule has 146 valence electrons. The molecule has 0 aliphatic heterocycles. The molecule has 3 aromatic rings. The van der Waals surface area contributed by atoms with Crippen LogP contribution >= 0.6 is 0 Å². The highest BCUT2D eigenvalue weighted by Crippen LogP contribution is 2.31. The smallest absolute Gasteiger partial charge is 0.412 e. The molecule has 3 rings (SSSR count). The van der Waals surface area contributed by atoms with Gasteiger partial charge in [0.15, 0.2) is 5.76 Å². The van der Waals surface area contributed by atoms with Crippen molar-refractivity contribution in [2.75, 3.05) is 5.32 Å². The van der Waals surface area contributed by atoms with E-state index in [4.69, 9.17) is 9.26 Å². The third-order valence-corrected chi connectivity index (χ3v) is 4.68. The molecule has 0 fully saturated rings. The van der Waals surface area contributed by atoms with E-state index in [1.165, 1.54) is 18.4 Å². The van der Waals surface area contributed by atoms with Gasteiger partial charge >= 0.3 is 6.09 Å². The van der Waals surface area contributed by atoms with Gasteiger partial charge in [-0.05, 0) is 37.8 Å². The molecule has 1 unspecified atom stereocenters. The molecule has 0 saturated carbocycles. The van der Waals surface area contributed by atoms with Gasteiger partial charge in [0.05, 0.1) is 0 Å². The lowest BCUT2D eigenvalue weighted by molar-refractivity contribution is 0.121. The minimum Gasteiger partial charge on any atom is -0.441 e. The number of unbranched alkanes of at least 4 members (excludes halogenated alkanes) is 1. The minimum atomic E-state index is -0.538. The summed E-state index contributed by atoms with van der Waals surface area (Å²) >= 11 is 0. The quantitative estimate of drug-likeness (QED) is 0.524. The van der Waals surface area contributed by atoms with E-state index < -0.39 is 6.09 Å². The van der Waals surface area contributed by atoms with Crippen molar-refractivity contribution in [1.82, 2.24) is 5.16 Å². The van der Waals surface area contributed by atoms with Crippen LogP contribution in [0.5, 0.6) is 0 Å². The van der Waals surface area contributed by atoms with E-state index in [0.717, 1.165) is 17.5 Å². The van der Waals surface area contributed by atoms with Crippen molar-refractivity contribution < 1.29 is 14.1 Å². The molecule has 1 heterocycles.